The van der Waals surface area contributed by atoms with Crippen molar-refractivity contribution in [1.29, 1.82) is 0 Å². The second kappa shape index (κ2) is 3.83. The molecule has 18 heavy (non-hydrogen) atoms. The first kappa shape index (κ1) is 11.7. The van der Waals surface area contributed by atoms with Crippen LogP contribution in [0.1, 0.15) is 38.5 Å². The van der Waals surface area contributed by atoms with Crippen molar-refractivity contribution in [2.45, 2.75) is 44.1 Å². The van der Waals surface area contributed by atoms with Crippen molar-refractivity contribution in [2.75, 3.05) is 0 Å². The quantitative estimate of drug-likeness (QED) is 0.611. The van der Waals surface area contributed by atoms with Gasteiger partial charge in [-0.3, -0.25) is 4.79 Å². The molecule has 0 saturated heterocycles. The van der Waals surface area contributed by atoms with Gasteiger partial charge in [0.15, 0.2) is 0 Å². The van der Waals surface area contributed by atoms with Crippen LogP contribution in [0.2, 0.25) is 0 Å². The van der Waals surface area contributed by atoms with E-state index in [1.54, 1.807) is 0 Å². The molecule has 5 atom stereocenters. The monoisotopic (exact) mass is 255 g/mol. The van der Waals surface area contributed by atoms with E-state index in [2.05, 4.69) is 0 Å². The topological polar surface area (TPSA) is 89.7 Å². The predicted octanol–water partition coefficient (Wildman–Crippen LogP) is 1.86. The molecular formula is C12H17NO5. The molecule has 4 saturated carbocycles. The molecule has 1 N–H and O–H groups in total. The van der Waals surface area contributed by atoms with Gasteiger partial charge in [0.1, 0.15) is 5.60 Å². The summed E-state index contributed by atoms with van der Waals surface area (Å²) < 4.78 is 0. The number of carboxylic acid groups (broad SMARTS) is 1. The molecule has 6 heteroatoms. The number of nitrogens with zero attached hydrogens (tertiary/aromatic N) is 1. The van der Waals surface area contributed by atoms with Gasteiger partial charge < -0.3 is 9.94 Å². The van der Waals surface area contributed by atoms with Crippen LogP contribution in [0, 0.1) is 33.8 Å². The highest BCUT2D eigenvalue weighted by Gasteiger charge is 2.57. The molecule has 0 heterocycles. The van der Waals surface area contributed by atoms with E-state index >= 15 is 0 Å². The van der Waals surface area contributed by atoms with Gasteiger partial charge in [-0.05, 0) is 55.8 Å². The Kier molecular flexibility index (Phi) is 2.50. The average molecular weight is 255 g/mol. The highest BCUT2D eigenvalue weighted by atomic mass is 17.0. The lowest BCUT2D eigenvalue weighted by Gasteiger charge is -2.58. The zero-order valence-corrected chi connectivity index (χ0v) is 10.1. The molecule has 4 aliphatic rings. The van der Waals surface area contributed by atoms with E-state index in [1.807, 2.05) is 0 Å². The fraction of sp³-hybridized carbons (Fsp3) is 0.917. The van der Waals surface area contributed by atoms with Crippen LogP contribution < -0.4 is 0 Å². The Morgan fingerprint density at radius 3 is 2.44 bits per heavy atom. The van der Waals surface area contributed by atoms with Crippen molar-refractivity contribution in [1.82, 2.24) is 0 Å². The normalized spacial score (nSPS) is 44.9. The smallest absolute Gasteiger partial charge is 0.303 e. The van der Waals surface area contributed by atoms with Gasteiger partial charge in [-0.25, -0.2) is 0 Å². The Morgan fingerprint density at radius 2 is 1.94 bits per heavy atom. The van der Waals surface area contributed by atoms with E-state index in [4.69, 9.17) is 9.94 Å². The Balaban J connectivity index is 1.79. The number of hydrogen-bond acceptors (Lipinski definition) is 4. The van der Waals surface area contributed by atoms with E-state index in [9.17, 15) is 14.9 Å². The molecular weight excluding hydrogens is 238 g/mol. The summed E-state index contributed by atoms with van der Waals surface area (Å²) in [7, 11) is 0. The van der Waals surface area contributed by atoms with Gasteiger partial charge in [-0.15, -0.1) is 10.1 Å². The summed E-state index contributed by atoms with van der Waals surface area (Å²) in [6, 6.07) is 0. The van der Waals surface area contributed by atoms with Crippen LogP contribution in [0.25, 0.3) is 0 Å². The van der Waals surface area contributed by atoms with Gasteiger partial charge in [0.2, 0.25) is 0 Å². The second-order valence-corrected chi connectivity index (χ2v) is 6.23. The minimum atomic E-state index is -0.753. The van der Waals surface area contributed by atoms with Crippen LogP contribution in [0.5, 0.6) is 0 Å². The second-order valence-electron chi connectivity index (χ2n) is 6.23. The first-order valence-corrected chi connectivity index (χ1v) is 6.53. The third-order valence-corrected chi connectivity index (χ3v) is 5.09. The minimum absolute atomic E-state index is 0.197. The standard InChI is InChI=1S/C12H17NO5/c14-11(15)3-10-8-1-7-2-9(10)6-12(4-7,5-8)18-13(16)17/h7-10H,1-6H2,(H,14,15)/t7?,8-,9+,10?,12?. The van der Waals surface area contributed by atoms with Gasteiger partial charge in [-0.2, -0.15) is 0 Å². The van der Waals surface area contributed by atoms with Gasteiger partial charge in [-0.1, -0.05) is 0 Å². The van der Waals surface area contributed by atoms with Crippen LogP contribution in [0.4, 0.5) is 0 Å². The fourth-order valence-electron chi connectivity index (χ4n) is 4.86. The molecule has 0 amide bonds. The van der Waals surface area contributed by atoms with Gasteiger partial charge in [0.05, 0.1) is 0 Å². The van der Waals surface area contributed by atoms with Crippen molar-refractivity contribution in [3.8, 4) is 0 Å². The van der Waals surface area contributed by atoms with E-state index in [-0.39, 0.29) is 12.3 Å². The molecule has 0 aliphatic heterocycles. The molecule has 0 radical (unpaired) electrons. The SMILES string of the molecule is O=C(O)CC1[C@@H]2CC3C[C@H]1CC(O[N+](=O)[O-])(C3)C2. The van der Waals surface area contributed by atoms with Crippen molar-refractivity contribution in [2.24, 2.45) is 23.7 Å². The lowest BCUT2D eigenvalue weighted by molar-refractivity contribution is -0.785. The van der Waals surface area contributed by atoms with Crippen LogP contribution in [-0.4, -0.2) is 21.8 Å². The molecule has 4 fully saturated rings. The van der Waals surface area contributed by atoms with Crippen LogP contribution in [0.15, 0.2) is 0 Å². The lowest BCUT2D eigenvalue weighted by atomic mass is 9.49. The molecule has 3 unspecified atom stereocenters. The largest absolute Gasteiger partial charge is 0.481 e. The van der Waals surface area contributed by atoms with Gasteiger partial charge in [0, 0.05) is 6.42 Å². The summed E-state index contributed by atoms with van der Waals surface area (Å²) in [6.45, 7) is 0. The van der Waals surface area contributed by atoms with E-state index in [1.165, 1.54) is 0 Å². The highest BCUT2D eigenvalue weighted by Crippen LogP contribution is 2.60. The Labute approximate surface area is 104 Å². The van der Waals surface area contributed by atoms with Crippen LogP contribution >= 0.6 is 0 Å². The van der Waals surface area contributed by atoms with Crippen molar-refractivity contribution in [3.63, 3.8) is 0 Å². The van der Waals surface area contributed by atoms with Gasteiger partial charge in [0.25, 0.3) is 5.09 Å². The molecule has 0 aromatic rings. The molecule has 4 rings (SSSR count). The Morgan fingerprint density at radius 1 is 1.33 bits per heavy atom. The molecule has 6 nitrogen and oxygen atoms in total. The minimum Gasteiger partial charge on any atom is -0.481 e. The molecule has 0 aromatic carbocycles. The summed E-state index contributed by atoms with van der Waals surface area (Å²) >= 11 is 0. The third kappa shape index (κ3) is 1.83. The summed E-state index contributed by atoms with van der Waals surface area (Å²) in [5.41, 5.74) is -0.602. The third-order valence-electron chi connectivity index (χ3n) is 5.09. The Bertz CT molecular complexity index is 380. The predicted molar refractivity (Wildman–Crippen MR) is 60.1 cm³/mol. The average Bonchev–Trinajstić information content (AvgIpc) is 2.20. The number of hydrogen-bond donors (Lipinski definition) is 1. The maximum Gasteiger partial charge on any atom is 0.303 e. The summed E-state index contributed by atoms with van der Waals surface area (Å²) in [4.78, 5) is 26.5. The highest BCUT2D eigenvalue weighted by molar-refractivity contribution is 5.67. The molecule has 4 bridgehead atoms. The molecule has 100 valence electrons. The number of aliphatic carboxylic acids is 1. The molecule has 4 aliphatic carbocycles. The summed E-state index contributed by atoms with van der Waals surface area (Å²) in [5, 5.41) is 18.9. The lowest BCUT2D eigenvalue weighted by Crippen LogP contribution is -2.56. The number of carboxylic acids is 1. The zero-order valence-electron chi connectivity index (χ0n) is 10.1. The summed E-state index contributed by atoms with van der Waals surface area (Å²) in [5.74, 6) is 0.534. The number of rotatable bonds is 4. The maximum atomic E-state index is 10.9. The van der Waals surface area contributed by atoms with Crippen LogP contribution in [0.3, 0.4) is 0 Å². The van der Waals surface area contributed by atoms with Crippen molar-refractivity contribution >= 4 is 5.97 Å². The number of carbonyl (C=O) groups is 1. The van der Waals surface area contributed by atoms with Crippen molar-refractivity contribution in [3.05, 3.63) is 10.1 Å². The fourth-order valence-corrected chi connectivity index (χ4v) is 4.86. The van der Waals surface area contributed by atoms with E-state index in [0.29, 0.717) is 30.6 Å². The molecule has 0 aromatic heterocycles. The summed E-state index contributed by atoms with van der Waals surface area (Å²) in [6.07, 6.45) is 4.36. The zero-order chi connectivity index (χ0) is 12.9. The molecule has 0 spiro atoms. The Hall–Kier alpha value is -1.33. The van der Waals surface area contributed by atoms with E-state index in [0.717, 1.165) is 19.3 Å². The first-order valence-electron chi connectivity index (χ1n) is 6.53. The van der Waals surface area contributed by atoms with E-state index < -0.39 is 16.7 Å². The van der Waals surface area contributed by atoms with Crippen molar-refractivity contribution < 1.29 is 19.8 Å². The first-order chi connectivity index (χ1) is 8.47. The van der Waals surface area contributed by atoms with Gasteiger partial charge >= 0.3 is 5.97 Å². The maximum absolute atomic E-state index is 10.9. The van der Waals surface area contributed by atoms with Crippen LogP contribution in [-0.2, 0) is 9.63 Å².